The number of benzene rings is 2. The summed E-state index contributed by atoms with van der Waals surface area (Å²) in [6.45, 7) is 7.11. The van der Waals surface area contributed by atoms with Crippen LogP contribution in [0.4, 0.5) is 0 Å². The van der Waals surface area contributed by atoms with Gasteiger partial charge in [-0.05, 0) is 46.2 Å². The number of methoxy groups -OCH3 is 1. The summed E-state index contributed by atoms with van der Waals surface area (Å²) in [6.07, 6.45) is 7.20. The van der Waals surface area contributed by atoms with Crippen LogP contribution >= 0.6 is 0 Å². The second kappa shape index (κ2) is 5.24. The zero-order chi connectivity index (χ0) is 16.9. The van der Waals surface area contributed by atoms with E-state index >= 15 is 0 Å². The molecule has 0 amide bonds. The highest BCUT2D eigenvalue weighted by Crippen LogP contribution is 2.63. The van der Waals surface area contributed by atoms with Crippen molar-refractivity contribution in [3.63, 3.8) is 0 Å². The van der Waals surface area contributed by atoms with Crippen molar-refractivity contribution in [2.45, 2.75) is 50.4 Å². The van der Waals surface area contributed by atoms with Crippen LogP contribution < -0.4 is 4.74 Å². The summed E-state index contributed by atoms with van der Waals surface area (Å²) in [6, 6.07) is 15.6. The molecule has 0 bridgehead atoms. The summed E-state index contributed by atoms with van der Waals surface area (Å²) in [7, 11) is 1.76. The van der Waals surface area contributed by atoms with Crippen molar-refractivity contribution in [1.82, 2.24) is 0 Å². The van der Waals surface area contributed by atoms with E-state index < -0.39 is 0 Å². The summed E-state index contributed by atoms with van der Waals surface area (Å²) < 4.78 is 5.53. The van der Waals surface area contributed by atoms with E-state index in [1.165, 1.54) is 35.1 Å². The van der Waals surface area contributed by atoms with Gasteiger partial charge in [0.15, 0.2) is 0 Å². The maximum absolute atomic E-state index is 5.53. The molecule has 0 aromatic heterocycles. The van der Waals surface area contributed by atoms with Gasteiger partial charge in [0.25, 0.3) is 0 Å². The fourth-order valence-corrected chi connectivity index (χ4v) is 5.34. The van der Waals surface area contributed by atoms with Gasteiger partial charge in [0, 0.05) is 11.3 Å². The van der Waals surface area contributed by atoms with Gasteiger partial charge in [0.1, 0.15) is 5.75 Å². The Labute approximate surface area is 145 Å². The molecule has 0 spiro atoms. The molecule has 0 fully saturated rings. The Morgan fingerprint density at radius 3 is 2.58 bits per heavy atom. The Hall–Kier alpha value is -2.02. The molecule has 0 saturated carbocycles. The third kappa shape index (κ3) is 1.87. The van der Waals surface area contributed by atoms with Crippen molar-refractivity contribution in [3.05, 3.63) is 70.8 Å². The Morgan fingerprint density at radius 1 is 1.04 bits per heavy atom. The molecule has 2 aliphatic carbocycles. The zero-order valence-electron chi connectivity index (χ0n) is 15.1. The maximum Gasteiger partial charge on any atom is 0.119 e. The molecular weight excluding hydrogens is 292 g/mol. The molecule has 0 unspecified atom stereocenters. The minimum atomic E-state index is 0.0832. The standard InChI is InChI=1S/C23H26O/c1-5-13-23-14-12-16-8-6-7-9-18(16)21(23)22(2,3)20-15-17(24-4)10-11-19(20)23/h6-12,14-15,21H,5,13H2,1-4H3/t21-,23+/m0/s1. The quantitative estimate of drug-likeness (QED) is 0.691. The van der Waals surface area contributed by atoms with Crippen LogP contribution in [-0.2, 0) is 10.8 Å². The van der Waals surface area contributed by atoms with E-state index in [0.717, 1.165) is 5.75 Å². The molecule has 1 heteroatoms. The van der Waals surface area contributed by atoms with Crippen LogP contribution in [0, 0.1) is 0 Å². The average Bonchev–Trinajstić information content (AvgIpc) is 2.80. The van der Waals surface area contributed by atoms with Crippen LogP contribution in [0.1, 0.15) is 61.8 Å². The lowest BCUT2D eigenvalue weighted by atomic mass is 9.60. The first-order valence-electron chi connectivity index (χ1n) is 9.02. The molecule has 2 aromatic rings. The van der Waals surface area contributed by atoms with Crippen molar-refractivity contribution >= 4 is 6.08 Å². The smallest absolute Gasteiger partial charge is 0.119 e. The highest BCUT2D eigenvalue weighted by atomic mass is 16.5. The molecule has 0 aliphatic heterocycles. The summed E-state index contributed by atoms with van der Waals surface area (Å²) in [4.78, 5) is 0. The lowest BCUT2D eigenvalue weighted by molar-refractivity contribution is 0.318. The van der Waals surface area contributed by atoms with Gasteiger partial charge < -0.3 is 4.74 Å². The Kier molecular flexibility index (Phi) is 3.38. The fourth-order valence-electron chi connectivity index (χ4n) is 5.34. The van der Waals surface area contributed by atoms with Crippen LogP contribution in [0.15, 0.2) is 48.5 Å². The molecule has 2 atom stereocenters. The fraction of sp³-hybridized carbons (Fsp3) is 0.391. The van der Waals surface area contributed by atoms with Gasteiger partial charge in [-0.25, -0.2) is 0 Å². The molecule has 124 valence electrons. The normalized spacial score (nSPS) is 25.8. The number of hydrogen-bond donors (Lipinski definition) is 0. The summed E-state index contributed by atoms with van der Waals surface area (Å²) >= 11 is 0. The Morgan fingerprint density at radius 2 is 1.83 bits per heavy atom. The van der Waals surface area contributed by atoms with E-state index in [0.29, 0.717) is 5.92 Å². The third-order valence-electron chi connectivity index (χ3n) is 6.19. The lowest BCUT2D eigenvalue weighted by Crippen LogP contribution is -2.36. The van der Waals surface area contributed by atoms with E-state index in [2.05, 4.69) is 75.4 Å². The summed E-state index contributed by atoms with van der Waals surface area (Å²) in [5.74, 6) is 1.44. The van der Waals surface area contributed by atoms with E-state index in [-0.39, 0.29) is 10.8 Å². The Bertz CT molecular complexity index is 815. The van der Waals surface area contributed by atoms with E-state index in [1.54, 1.807) is 7.11 Å². The molecular formula is C23H26O. The first kappa shape index (κ1) is 15.5. The summed E-state index contributed by atoms with van der Waals surface area (Å²) in [5.41, 5.74) is 6.00. The lowest BCUT2D eigenvalue weighted by Gasteiger charge is -2.42. The monoisotopic (exact) mass is 318 g/mol. The second-order valence-corrected chi connectivity index (χ2v) is 7.82. The van der Waals surface area contributed by atoms with Crippen LogP contribution in [0.3, 0.4) is 0 Å². The number of hydrogen-bond acceptors (Lipinski definition) is 1. The maximum atomic E-state index is 5.53. The van der Waals surface area contributed by atoms with Gasteiger partial charge in [0.05, 0.1) is 7.11 Å². The van der Waals surface area contributed by atoms with Gasteiger partial charge in [-0.1, -0.05) is 69.7 Å². The van der Waals surface area contributed by atoms with Gasteiger partial charge in [0.2, 0.25) is 0 Å². The van der Waals surface area contributed by atoms with Gasteiger partial charge >= 0.3 is 0 Å². The average molecular weight is 318 g/mol. The van der Waals surface area contributed by atoms with Crippen molar-refractivity contribution < 1.29 is 4.74 Å². The number of rotatable bonds is 3. The second-order valence-electron chi connectivity index (χ2n) is 7.82. The molecule has 4 rings (SSSR count). The van der Waals surface area contributed by atoms with Gasteiger partial charge in [-0.3, -0.25) is 0 Å². The van der Waals surface area contributed by atoms with Crippen LogP contribution in [0.5, 0.6) is 5.75 Å². The van der Waals surface area contributed by atoms with Crippen LogP contribution in [0.25, 0.3) is 6.08 Å². The van der Waals surface area contributed by atoms with E-state index in [1.807, 2.05) is 0 Å². The highest BCUT2D eigenvalue weighted by Gasteiger charge is 2.56. The molecule has 0 N–H and O–H groups in total. The highest BCUT2D eigenvalue weighted by molar-refractivity contribution is 5.68. The molecule has 2 aliphatic rings. The summed E-state index contributed by atoms with van der Waals surface area (Å²) in [5, 5.41) is 0. The predicted molar refractivity (Wildman–Crippen MR) is 101 cm³/mol. The van der Waals surface area contributed by atoms with E-state index in [4.69, 9.17) is 4.74 Å². The minimum Gasteiger partial charge on any atom is -0.497 e. The number of fused-ring (bicyclic) bond motifs is 5. The van der Waals surface area contributed by atoms with Crippen molar-refractivity contribution in [2.75, 3.05) is 7.11 Å². The Balaban J connectivity index is 2.02. The SMILES string of the molecule is CCC[C@]12C=Cc3ccccc3[C@H]1C(C)(C)c1cc(OC)ccc12. The molecule has 1 nitrogen and oxygen atoms in total. The van der Waals surface area contributed by atoms with Gasteiger partial charge in [-0.2, -0.15) is 0 Å². The van der Waals surface area contributed by atoms with Crippen LogP contribution in [-0.4, -0.2) is 7.11 Å². The van der Waals surface area contributed by atoms with Crippen molar-refractivity contribution in [2.24, 2.45) is 0 Å². The first-order chi connectivity index (χ1) is 11.5. The predicted octanol–water partition coefficient (Wildman–Crippen LogP) is 5.83. The topological polar surface area (TPSA) is 9.23 Å². The van der Waals surface area contributed by atoms with Crippen LogP contribution in [0.2, 0.25) is 0 Å². The molecule has 0 heterocycles. The largest absolute Gasteiger partial charge is 0.497 e. The minimum absolute atomic E-state index is 0.0832. The molecule has 24 heavy (non-hydrogen) atoms. The van der Waals surface area contributed by atoms with Crippen molar-refractivity contribution in [1.29, 1.82) is 0 Å². The molecule has 0 saturated heterocycles. The number of ether oxygens (including phenoxy) is 1. The van der Waals surface area contributed by atoms with Gasteiger partial charge in [-0.15, -0.1) is 0 Å². The first-order valence-corrected chi connectivity index (χ1v) is 9.02. The van der Waals surface area contributed by atoms with Crippen molar-refractivity contribution in [3.8, 4) is 5.75 Å². The van der Waals surface area contributed by atoms with E-state index in [9.17, 15) is 0 Å². The number of allylic oxidation sites excluding steroid dienone is 1. The third-order valence-corrected chi connectivity index (χ3v) is 6.19. The molecule has 2 aromatic carbocycles. The molecule has 0 radical (unpaired) electrons. The zero-order valence-corrected chi connectivity index (χ0v) is 15.1.